The van der Waals surface area contributed by atoms with Gasteiger partial charge < -0.3 is 10.1 Å². The Morgan fingerprint density at radius 2 is 2.11 bits per heavy atom. The number of aromatic nitrogens is 1. The summed E-state index contributed by atoms with van der Waals surface area (Å²) in [6.45, 7) is 5.34. The van der Waals surface area contributed by atoms with Gasteiger partial charge in [-0.25, -0.2) is 4.39 Å². The first-order valence-corrected chi connectivity index (χ1v) is 5.81. The van der Waals surface area contributed by atoms with Gasteiger partial charge in [0, 0.05) is 22.0 Å². The van der Waals surface area contributed by atoms with Crippen LogP contribution in [0.5, 0.6) is 0 Å². The smallest absolute Gasteiger partial charge is 0.304 e. The largest absolute Gasteiger partial charge is 0.481 e. The molecule has 2 N–H and O–H groups in total. The quantitative estimate of drug-likeness (QED) is 0.876. The molecule has 0 amide bonds. The lowest BCUT2D eigenvalue weighted by molar-refractivity contribution is -0.138. The fourth-order valence-corrected chi connectivity index (χ4v) is 2.30. The third-order valence-corrected chi connectivity index (χ3v) is 3.19. The molecule has 0 radical (unpaired) electrons. The van der Waals surface area contributed by atoms with Gasteiger partial charge in [-0.1, -0.05) is 19.9 Å². The highest BCUT2D eigenvalue weighted by Crippen LogP contribution is 2.33. The average Bonchev–Trinajstić information content (AvgIpc) is 2.57. The van der Waals surface area contributed by atoms with Crippen LogP contribution in [0.4, 0.5) is 4.39 Å². The van der Waals surface area contributed by atoms with Crippen LogP contribution >= 0.6 is 0 Å². The molecule has 4 heteroatoms. The van der Waals surface area contributed by atoms with E-state index in [-0.39, 0.29) is 12.2 Å². The number of rotatable bonds is 3. The van der Waals surface area contributed by atoms with Crippen molar-refractivity contribution in [3.05, 3.63) is 35.3 Å². The Bertz CT molecular complexity index is 614. The lowest BCUT2D eigenvalue weighted by Crippen LogP contribution is -2.23. The van der Waals surface area contributed by atoms with E-state index in [2.05, 4.69) is 4.98 Å². The van der Waals surface area contributed by atoms with Crippen LogP contribution in [-0.4, -0.2) is 16.1 Å². The lowest BCUT2D eigenvalue weighted by Gasteiger charge is -2.23. The highest BCUT2D eigenvalue weighted by Gasteiger charge is 2.28. The highest BCUT2D eigenvalue weighted by molar-refractivity contribution is 5.82. The summed E-state index contributed by atoms with van der Waals surface area (Å²) in [5.41, 5.74) is 1.34. The van der Waals surface area contributed by atoms with Gasteiger partial charge in [-0.2, -0.15) is 0 Å². The molecule has 0 aliphatic carbocycles. The molecule has 0 spiro atoms. The predicted octanol–water partition coefficient (Wildman–Crippen LogP) is 3.37. The first kappa shape index (κ1) is 12.6. The molecule has 18 heavy (non-hydrogen) atoms. The second kappa shape index (κ2) is 4.12. The first-order chi connectivity index (χ1) is 8.31. The normalized spacial score (nSPS) is 12.0. The molecule has 0 atom stereocenters. The maximum absolute atomic E-state index is 14.4. The standard InChI is InChI=1S/C14H16FNO2/c1-8-6-9-11(16-8)5-4-10(13(9)15)14(2,3)7-12(17)18/h4-6,16H,7H2,1-3H3,(H,17,18). The molecule has 2 aromatic rings. The summed E-state index contributed by atoms with van der Waals surface area (Å²) in [5.74, 6) is -1.26. The number of fused-ring (bicyclic) bond motifs is 1. The molecule has 96 valence electrons. The van der Waals surface area contributed by atoms with Crippen LogP contribution < -0.4 is 0 Å². The van der Waals surface area contributed by atoms with E-state index in [1.54, 1.807) is 32.0 Å². The van der Waals surface area contributed by atoms with E-state index in [0.29, 0.717) is 10.9 Å². The maximum atomic E-state index is 14.4. The van der Waals surface area contributed by atoms with Crippen LogP contribution in [0.25, 0.3) is 10.9 Å². The van der Waals surface area contributed by atoms with Gasteiger partial charge in [-0.05, 0) is 24.6 Å². The van der Waals surface area contributed by atoms with E-state index in [0.717, 1.165) is 11.2 Å². The van der Waals surface area contributed by atoms with E-state index >= 15 is 0 Å². The van der Waals surface area contributed by atoms with Crippen LogP contribution in [0.3, 0.4) is 0 Å². The number of hydrogen-bond donors (Lipinski definition) is 2. The number of nitrogens with one attached hydrogen (secondary N) is 1. The second-order valence-corrected chi connectivity index (χ2v) is 5.30. The molecule has 1 aromatic heterocycles. The number of benzene rings is 1. The summed E-state index contributed by atoms with van der Waals surface area (Å²) in [5, 5.41) is 9.41. The van der Waals surface area contributed by atoms with Crippen molar-refractivity contribution in [2.45, 2.75) is 32.6 Å². The van der Waals surface area contributed by atoms with Gasteiger partial charge in [0.25, 0.3) is 0 Å². The Labute approximate surface area is 105 Å². The molecular weight excluding hydrogens is 233 g/mol. The van der Waals surface area contributed by atoms with Crippen LogP contribution in [0.15, 0.2) is 18.2 Å². The Kier molecular flexibility index (Phi) is 2.89. The molecule has 0 aliphatic heterocycles. The number of aromatic amines is 1. The monoisotopic (exact) mass is 249 g/mol. The molecule has 0 aliphatic rings. The minimum Gasteiger partial charge on any atom is -0.481 e. The third-order valence-electron chi connectivity index (χ3n) is 3.19. The third kappa shape index (κ3) is 2.10. The molecule has 0 bridgehead atoms. The van der Waals surface area contributed by atoms with Crippen LogP contribution in [0.2, 0.25) is 0 Å². The molecule has 0 unspecified atom stereocenters. The van der Waals surface area contributed by atoms with Crippen LogP contribution in [-0.2, 0) is 10.2 Å². The van der Waals surface area contributed by atoms with Gasteiger partial charge in [-0.3, -0.25) is 4.79 Å². The number of carboxylic acid groups (broad SMARTS) is 1. The molecule has 0 saturated heterocycles. The van der Waals surface area contributed by atoms with E-state index in [1.807, 2.05) is 6.92 Å². The van der Waals surface area contributed by atoms with Crippen molar-refractivity contribution in [2.75, 3.05) is 0 Å². The number of carboxylic acids is 1. The van der Waals surface area contributed by atoms with Crippen LogP contribution in [0.1, 0.15) is 31.5 Å². The first-order valence-electron chi connectivity index (χ1n) is 5.81. The molecule has 1 aromatic carbocycles. The molecule has 2 rings (SSSR count). The fourth-order valence-electron chi connectivity index (χ4n) is 2.30. The zero-order valence-corrected chi connectivity index (χ0v) is 10.7. The van der Waals surface area contributed by atoms with Crippen molar-refractivity contribution in [2.24, 2.45) is 0 Å². The van der Waals surface area contributed by atoms with E-state index in [1.165, 1.54) is 0 Å². The van der Waals surface area contributed by atoms with E-state index in [9.17, 15) is 9.18 Å². The zero-order chi connectivity index (χ0) is 13.5. The highest BCUT2D eigenvalue weighted by atomic mass is 19.1. The number of carbonyl (C=O) groups is 1. The van der Waals surface area contributed by atoms with E-state index < -0.39 is 11.4 Å². The van der Waals surface area contributed by atoms with E-state index in [4.69, 9.17) is 5.11 Å². The Morgan fingerprint density at radius 1 is 1.44 bits per heavy atom. The predicted molar refractivity (Wildman–Crippen MR) is 68.3 cm³/mol. The summed E-state index contributed by atoms with van der Waals surface area (Å²) < 4.78 is 14.4. The van der Waals surface area contributed by atoms with Gasteiger partial charge >= 0.3 is 5.97 Å². The number of aliphatic carboxylic acids is 1. The minimum absolute atomic E-state index is 0.0984. The van der Waals surface area contributed by atoms with Crippen molar-refractivity contribution in [1.82, 2.24) is 4.98 Å². The van der Waals surface area contributed by atoms with Gasteiger partial charge in [0.1, 0.15) is 5.82 Å². The summed E-state index contributed by atoms with van der Waals surface area (Å²) >= 11 is 0. The Hall–Kier alpha value is -1.84. The maximum Gasteiger partial charge on any atom is 0.304 e. The number of halogens is 1. The molecule has 3 nitrogen and oxygen atoms in total. The number of H-pyrrole nitrogens is 1. The van der Waals surface area contributed by atoms with Crippen molar-refractivity contribution < 1.29 is 14.3 Å². The SMILES string of the molecule is Cc1cc2c(F)c(C(C)(C)CC(=O)O)ccc2[nH]1. The Morgan fingerprint density at radius 3 is 2.72 bits per heavy atom. The van der Waals surface area contributed by atoms with Crippen molar-refractivity contribution in [3.63, 3.8) is 0 Å². The van der Waals surface area contributed by atoms with Crippen molar-refractivity contribution in [3.8, 4) is 0 Å². The van der Waals surface area contributed by atoms with Gasteiger partial charge in [0.05, 0.1) is 6.42 Å². The Balaban J connectivity index is 2.57. The molecule has 0 fully saturated rings. The fraction of sp³-hybridized carbons (Fsp3) is 0.357. The summed E-state index contributed by atoms with van der Waals surface area (Å²) in [6, 6.07) is 5.20. The average molecular weight is 249 g/mol. The summed E-state index contributed by atoms with van der Waals surface area (Å²) in [6.07, 6.45) is -0.0984. The van der Waals surface area contributed by atoms with Crippen molar-refractivity contribution in [1.29, 1.82) is 0 Å². The van der Waals surface area contributed by atoms with Gasteiger partial charge in [0.2, 0.25) is 0 Å². The number of aryl methyl sites for hydroxylation is 1. The van der Waals surface area contributed by atoms with Crippen molar-refractivity contribution >= 4 is 16.9 Å². The molecule has 0 saturated carbocycles. The topological polar surface area (TPSA) is 53.1 Å². The summed E-state index contributed by atoms with van der Waals surface area (Å²) in [4.78, 5) is 13.9. The zero-order valence-electron chi connectivity index (χ0n) is 10.7. The van der Waals surface area contributed by atoms with Crippen LogP contribution in [0, 0.1) is 12.7 Å². The minimum atomic E-state index is -0.926. The molecular formula is C14H16FNO2. The van der Waals surface area contributed by atoms with Gasteiger partial charge in [-0.15, -0.1) is 0 Å². The van der Waals surface area contributed by atoms with Gasteiger partial charge in [0.15, 0.2) is 0 Å². The summed E-state index contributed by atoms with van der Waals surface area (Å²) in [7, 11) is 0. The number of hydrogen-bond acceptors (Lipinski definition) is 1. The lowest BCUT2D eigenvalue weighted by atomic mass is 9.81. The second-order valence-electron chi connectivity index (χ2n) is 5.30. The molecule has 1 heterocycles.